The number of fused-ring (bicyclic) bond motifs is 1. The molecule has 0 aliphatic carbocycles. The van der Waals surface area contributed by atoms with Gasteiger partial charge in [-0.1, -0.05) is 29.8 Å². The molecule has 2 amide bonds. The summed E-state index contributed by atoms with van der Waals surface area (Å²) in [7, 11) is 0. The molecule has 0 bridgehead atoms. The lowest BCUT2D eigenvalue weighted by atomic mass is 10.1. The Kier molecular flexibility index (Phi) is 6.31. The van der Waals surface area contributed by atoms with E-state index in [0.717, 1.165) is 11.1 Å². The Hall–Kier alpha value is -4.21. The number of nitrogens with zero attached hydrogens (tertiary/aromatic N) is 1. The van der Waals surface area contributed by atoms with Crippen LogP contribution >= 0.6 is 0 Å². The Morgan fingerprint density at radius 1 is 1.00 bits per heavy atom. The third-order valence-electron chi connectivity index (χ3n) is 4.93. The summed E-state index contributed by atoms with van der Waals surface area (Å²) in [5, 5.41) is 13.2. The van der Waals surface area contributed by atoms with Crippen LogP contribution in [0.25, 0.3) is 10.9 Å². The Morgan fingerprint density at radius 2 is 1.82 bits per heavy atom. The maximum absolute atomic E-state index is 12.4. The van der Waals surface area contributed by atoms with Crippen molar-refractivity contribution in [2.75, 3.05) is 10.6 Å². The third kappa shape index (κ3) is 5.77. The standard InChI is InChI=1S/C24H21F3N4O3/c1-14-6-9-20(15(2)10-14)28-23(32)29-22-19-8-7-17(12-21(19)30-31-22)33-13-16-4-3-5-18(11-16)34-24(25,26)27/h3-12H,13H2,1-2H3,(H3,28,29,30,31,32). The van der Waals surface area contributed by atoms with Crippen LogP contribution in [0.15, 0.2) is 60.7 Å². The molecular formula is C24H21F3N4O3. The molecule has 34 heavy (non-hydrogen) atoms. The zero-order valence-electron chi connectivity index (χ0n) is 18.3. The van der Waals surface area contributed by atoms with Crippen LogP contribution in [-0.4, -0.2) is 22.6 Å². The van der Waals surface area contributed by atoms with Crippen LogP contribution in [0.1, 0.15) is 16.7 Å². The molecule has 3 N–H and O–H groups in total. The molecule has 0 aliphatic rings. The molecule has 0 atom stereocenters. The number of carbonyl (C=O) groups excluding carboxylic acids is 1. The van der Waals surface area contributed by atoms with Crippen LogP contribution in [0.2, 0.25) is 0 Å². The molecule has 7 nitrogen and oxygen atoms in total. The lowest BCUT2D eigenvalue weighted by Gasteiger charge is -2.11. The van der Waals surface area contributed by atoms with Gasteiger partial charge in [-0.2, -0.15) is 5.10 Å². The summed E-state index contributed by atoms with van der Waals surface area (Å²) < 4.78 is 46.8. The second-order valence-electron chi connectivity index (χ2n) is 7.66. The van der Waals surface area contributed by atoms with Gasteiger partial charge in [-0.15, -0.1) is 13.2 Å². The van der Waals surface area contributed by atoms with Gasteiger partial charge in [-0.05, 0) is 55.3 Å². The Morgan fingerprint density at radius 3 is 2.59 bits per heavy atom. The lowest BCUT2D eigenvalue weighted by molar-refractivity contribution is -0.274. The van der Waals surface area contributed by atoms with Crippen molar-refractivity contribution in [1.29, 1.82) is 0 Å². The van der Waals surface area contributed by atoms with E-state index in [1.807, 2.05) is 32.0 Å². The van der Waals surface area contributed by atoms with Gasteiger partial charge in [0.15, 0.2) is 5.82 Å². The van der Waals surface area contributed by atoms with Gasteiger partial charge in [0.1, 0.15) is 18.1 Å². The average Bonchev–Trinajstić information content (AvgIpc) is 3.15. The number of amides is 2. The van der Waals surface area contributed by atoms with Crippen LogP contribution < -0.4 is 20.1 Å². The minimum atomic E-state index is -4.76. The van der Waals surface area contributed by atoms with Crippen molar-refractivity contribution in [2.24, 2.45) is 0 Å². The fourth-order valence-corrected chi connectivity index (χ4v) is 3.40. The first-order valence-electron chi connectivity index (χ1n) is 10.3. The molecule has 4 aromatic rings. The van der Waals surface area contributed by atoms with E-state index >= 15 is 0 Å². The Balaban J connectivity index is 1.40. The number of urea groups is 1. The van der Waals surface area contributed by atoms with Crippen molar-refractivity contribution in [3.05, 3.63) is 77.4 Å². The number of hydrogen-bond acceptors (Lipinski definition) is 4. The highest BCUT2D eigenvalue weighted by atomic mass is 19.4. The molecule has 0 aliphatic heterocycles. The number of anilines is 2. The topological polar surface area (TPSA) is 88.3 Å². The summed E-state index contributed by atoms with van der Waals surface area (Å²) >= 11 is 0. The summed E-state index contributed by atoms with van der Waals surface area (Å²) in [5.41, 5.74) is 3.87. The van der Waals surface area contributed by atoms with E-state index in [-0.39, 0.29) is 12.4 Å². The van der Waals surface area contributed by atoms with Crippen molar-refractivity contribution in [1.82, 2.24) is 10.2 Å². The summed E-state index contributed by atoms with van der Waals surface area (Å²) in [4.78, 5) is 12.4. The fraction of sp³-hybridized carbons (Fsp3) is 0.167. The monoisotopic (exact) mass is 470 g/mol. The van der Waals surface area contributed by atoms with Crippen molar-refractivity contribution in [2.45, 2.75) is 26.8 Å². The zero-order valence-corrected chi connectivity index (χ0v) is 18.3. The minimum absolute atomic E-state index is 0.0398. The van der Waals surface area contributed by atoms with Crippen LogP contribution in [0, 0.1) is 13.8 Å². The van der Waals surface area contributed by atoms with Crippen molar-refractivity contribution >= 4 is 28.4 Å². The molecule has 0 fully saturated rings. The van der Waals surface area contributed by atoms with Gasteiger partial charge in [0.05, 0.1) is 5.52 Å². The number of benzene rings is 3. The number of rotatable bonds is 6. The van der Waals surface area contributed by atoms with E-state index in [4.69, 9.17) is 4.74 Å². The Labute approximate surface area is 192 Å². The van der Waals surface area contributed by atoms with Crippen LogP contribution in [0.5, 0.6) is 11.5 Å². The van der Waals surface area contributed by atoms with Crippen LogP contribution in [0.4, 0.5) is 29.5 Å². The molecule has 0 saturated heterocycles. The van der Waals surface area contributed by atoms with Gasteiger partial charge >= 0.3 is 12.4 Å². The summed E-state index contributed by atoms with van der Waals surface area (Å²) in [6.07, 6.45) is -4.76. The largest absolute Gasteiger partial charge is 0.573 e. The third-order valence-corrected chi connectivity index (χ3v) is 4.93. The number of hydrogen-bond donors (Lipinski definition) is 3. The van der Waals surface area contributed by atoms with Gasteiger partial charge in [0.2, 0.25) is 0 Å². The van der Waals surface area contributed by atoms with Crippen molar-refractivity contribution in [3.8, 4) is 11.5 Å². The molecule has 176 valence electrons. The quantitative estimate of drug-likeness (QED) is 0.309. The highest BCUT2D eigenvalue weighted by Gasteiger charge is 2.31. The number of nitrogens with one attached hydrogen (secondary N) is 3. The number of H-pyrrole nitrogens is 1. The van der Waals surface area contributed by atoms with Crippen molar-refractivity contribution in [3.63, 3.8) is 0 Å². The summed E-state index contributed by atoms with van der Waals surface area (Å²) in [6, 6.07) is 16.0. The number of aromatic nitrogens is 2. The van der Waals surface area contributed by atoms with E-state index in [0.29, 0.717) is 33.7 Å². The number of halogens is 3. The second-order valence-corrected chi connectivity index (χ2v) is 7.66. The molecule has 0 unspecified atom stereocenters. The first-order valence-corrected chi connectivity index (χ1v) is 10.3. The van der Waals surface area contributed by atoms with E-state index in [9.17, 15) is 18.0 Å². The van der Waals surface area contributed by atoms with Gasteiger partial charge < -0.3 is 14.8 Å². The molecule has 3 aromatic carbocycles. The SMILES string of the molecule is Cc1ccc(NC(=O)Nc2n[nH]c3cc(OCc4cccc(OC(F)(F)F)c4)ccc23)c(C)c1. The van der Waals surface area contributed by atoms with Crippen molar-refractivity contribution < 1.29 is 27.4 Å². The van der Waals surface area contributed by atoms with Gasteiger partial charge in [-0.3, -0.25) is 10.4 Å². The molecule has 0 radical (unpaired) electrons. The van der Waals surface area contributed by atoms with E-state index in [1.54, 1.807) is 24.3 Å². The molecule has 0 spiro atoms. The maximum atomic E-state index is 12.4. The van der Waals surface area contributed by atoms with Gasteiger partial charge in [-0.25, -0.2) is 4.79 Å². The van der Waals surface area contributed by atoms with Crippen LogP contribution in [0.3, 0.4) is 0 Å². The molecule has 0 saturated carbocycles. The van der Waals surface area contributed by atoms with Crippen LogP contribution in [-0.2, 0) is 6.61 Å². The summed E-state index contributed by atoms with van der Waals surface area (Å²) in [6.45, 7) is 3.93. The maximum Gasteiger partial charge on any atom is 0.573 e. The number of aryl methyl sites for hydroxylation is 2. The second kappa shape index (κ2) is 9.34. The molecule has 4 rings (SSSR count). The first-order chi connectivity index (χ1) is 16.2. The number of carbonyl (C=O) groups is 1. The predicted octanol–water partition coefficient (Wildman–Crippen LogP) is 6.30. The smallest absolute Gasteiger partial charge is 0.489 e. The summed E-state index contributed by atoms with van der Waals surface area (Å²) in [5.74, 6) is 0.512. The lowest BCUT2D eigenvalue weighted by Crippen LogP contribution is -2.20. The number of alkyl halides is 3. The molecule has 10 heteroatoms. The highest BCUT2D eigenvalue weighted by Crippen LogP contribution is 2.27. The predicted molar refractivity (Wildman–Crippen MR) is 122 cm³/mol. The number of ether oxygens (including phenoxy) is 2. The van der Waals surface area contributed by atoms with E-state index < -0.39 is 12.4 Å². The van der Waals surface area contributed by atoms with E-state index in [1.165, 1.54) is 18.2 Å². The number of aromatic amines is 1. The Bertz CT molecular complexity index is 1330. The minimum Gasteiger partial charge on any atom is -0.489 e. The van der Waals surface area contributed by atoms with Gasteiger partial charge in [0, 0.05) is 17.1 Å². The fourth-order valence-electron chi connectivity index (χ4n) is 3.40. The average molecular weight is 470 g/mol. The molecule has 1 aromatic heterocycles. The normalized spacial score (nSPS) is 11.3. The van der Waals surface area contributed by atoms with Gasteiger partial charge in [0.25, 0.3) is 0 Å². The highest BCUT2D eigenvalue weighted by molar-refractivity contribution is 6.04. The van der Waals surface area contributed by atoms with E-state index in [2.05, 4.69) is 25.6 Å². The molecular weight excluding hydrogens is 449 g/mol. The first kappa shape index (κ1) is 23.0. The molecule has 1 heterocycles. The zero-order chi connectivity index (χ0) is 24.3.